The van der Waals surface area contributed by atoms with Crippen LogP contribution in [0.2, 0.25) is 0 Å². The minimum atomic E-state index is -3.54. The Morgan fingerprint density at radius 3 is 2.21 bits per heavy atom. The summed E-state index contributed by atoms with van der Waals surface area (Å²) in [6, 6.07) is 6.34. The van der Waals surface area contributed by atoms with Gasteiger partial charge < -0.3 is 0 Å². The smallest absolute Gasteiger partial charge is 0.253 e. The van der Waals surface area contributed by atoms with Crippen molar-refractivity contribution in [2.45, 2.75) is 11.8 Å². The van der Waals surface area contributed by atoms with E-state index in [0.717, 1.165) is 11.1 Å². The Morgan fingerprint density at radius 1 is 1.36 bits per heavy atom. The lowest BCUT2D eigenvalue weighted by Crippen LogP contribution is -2.30. The molecule has 0 aliphatic heterocycles. The maximum atomic E-state index is 11.2. The number of sulfonamides is 1. The zero-order valence-corrected chi connectivity index (χ0v) is 8.64. The van der Waals surface area contributed by atoms with Crippen molar-refractivity contribution in [3.05, 3.63) is 36.4 Å². The summed E-state index contributed by atoms with van der Waals surface area (Å²) in [5.74, 6) is 4.88. The van der Waals surface area contributed by atoms with Crippen molar-refractivity contribution in [2.75, 3.05) is 0 Å². The van der Waals surface area contributed by atoms with Crippen LogP contribution in [0.5, 0.6) is 0 Å². The van der Waals surface area contributed by atoms with Gasteiger partial charge in [-0.05, 0) is 24.6 Å². The second-order valence-corrected chi connectivity index (χ2v) is 4.64. The van der Waals surface area contributed by atoms with Crippen LogP contribution in [0.3, 0.4) is 0 Å². The topological polar surface area (TPSA) is 72.2 Å². The van der Waals surface area contributed by atoms with Gasteiger partial charge in [0, 0.05) is 0 Å². The molecule has 0 radical (unpaired) electrons. The molecule has 0 aromatic heterocycles. The van der Waals surface area contributed by atoms with Crippen molar-refractivity contribution < 1.29 is 8.42 Å². The second-order valence-electron chi connectivity index (χ2n) is 2.93. The predicted molar refractivity (Wildman–Crippen MR) is 55.7 cm³/mol. The van der Waals surface area contributed by atoms with Crippen LogP contribution in [-0.4, -0.2) is 8.42 Å². The van der Waals surface area contributed by atoms with E-state index in [1.165, 1.54) is 12.1 Å². The number of nitrogens with one attached hydrogen (secondary N) is 1. The van der Waals surface area contributed by atoms with Gasteiger partial charge in [-0.15, -0.1) is 0 Å². The average molecular weight is 212 g/mol. The second kappa shape index (κ2) is 3.91. The van der Waals surface area contributed by atoms with E-state index in [0.29, 0.717) is 0 Å². The molecular formula is C9H12N2O2S. The molecule has 0 bridgehead atoms. The van der Waals surface area contributed by atoms with Crippen LogP contribution < -0.4 is 10.7 Å². The first-order valence-corrected chi connectivity index (χ1v) is 5.44. The number of benzene rings is 1. The number of hydrogen-bond donors (Lipinski definition) is 2. The summed E-state index contributed by atoms with van der Waals surface area (Å²) in [4.78, 5) is 1.90. The molecule has 14 heavy (non-hydrogen) atoms. The molecule has 0 unspecified atom stereocenters. The van der Waals surface area contributed by atoms with Gasteiger partial charge in [0.25, 0.3) is 10.0 Å². The van der Waals surface area contributed by atoms with Crippen molar-refractivity contribution in [2.24, 2.45) is 5.84 Å². The molecule has 0 amide bonds. The van der Waals surface area contributed by atoms with E-state index in [-0.39, 0.29) is 4.90 Å². The number of hydrogen-bond acceptors (Lipinski definition) is 3. The van der Waals surface area contributed by atoms with Gasteiger partial charge in [-0.1, -0.05) is 24.3 Å². The molecule has 0 saturated carbocycles. The summed E-state index contributed by atoms with van der Waals surface area (Å²) < 4.78 is 22.4. The highest BCUT2D eigenvalue weighted by molar-refractivity contribution is 7.89. The molecule has 0 spiro atoms. The van der Waals surface area contributed by atoms with E-state index in [4.69, 9.17) is 5.84 Å². The minimum absolute atomic E-state index is 0.144. The fourth-order valence-electron chi connectivity index (χ4n) is 0.987. The molecule has 0 heterocycles. The minimum Gasteiger partial charge on any atom is -0.257 e. The number of hydrazine groups is 1. The highest BCUT2D eigenvalue weighted by atomic mass is 32.2. The Balaban J connectivity index is 3.12. The van der Waals surface area contributed by atoms with Gasteiger partial charge in [-0.25, -0.2) is 8.42 Å². The van der Waals surface area contributed by atoms with E-state index >= 15 is 0 Å². The molecule has 0 saturated heterocycles. The van der Waals surface area contributed by atoms with Crippen LogP contribution >= 0.6 is 0 Å². The molecule has 0 atom stereocenters. The Kier molecular flexibility index (Phi) is 3.05. The van der Waals surface area contributed by atoms with Crippen LogP contribution in [0, 0.1) is 0 Å². The standard InChI is InChI=1S/C9H12N2O2S/c1-7(2)8-3-5-9(6-4-8)14(12,13)11-10/h3-6,11H,1,10H2,2H3. The molecule has 76 valence electrons. The number of nitrogens with two attached hydrogens (primary N) is 1. The highest BCUT2D eigenvalue weighted by Crippen LogP contribution is 2.14. The summed E-state index contributed by atoms with van der Waals surface area (Å²) in [6.45, 7) is 5.60. The van der Waals surface area contributed by atoms with Crippen molar-refractivity contribution in [3.8, 4) is 0 Å². The predicted octanol–water partition coefficient (Wildman–Crippen LogP) is 0.872. The largest absolute Gasteiger partial charge is 0.257 e. The Labute approximate surface area is 83.5 Å². The molecular weight excluding hydrogens is 200 g/mol. The zero-order valence-electron chi connectivity index (χ0n) is 7.82. The molecule has 0 aliphatic rings. The van der Waals surface area contributed by atoms with Crippen molar-refractivity contribution >= 4 is 15.6 Å². The third-order valence-corrected chi connectivity index (χ3v) is 3.02. The first kappa shape index (κ1) is 10.9. The fraction of sp³-hybridized carbons (Fsp3) is 0.111. The van der Waals surface area contributed by atoms with Crippen molar-refractivity contribution in [1.82, 2.24) is 4.83 Å². The van der Waals surface area contributed by atoms with E-state index in [1.807, 2.05) is 6.92 Å². The van der Waals surface area contributed by atoms with Crippen LogP contribution in [0.4, 0.5) is 0 Å². The Morgan fingerprint density at radius 2 is 1.86 bits per heavy atom. The van der Waals surface area contributed by atoms with Crippen molar-refractivity contribution in [3.63, 3.8) is 0 Å². The Hall–Kier alpha value is -1.17. The van der Waals surface area contributed by atoms with Gasteiger partial charge in [0.1, 0.15) is 0 Å². The van der Waals surface area contributed by atoms with E-state index in [1.54, 1.807) is 17.0 Å². The summed E-state index contributed by atoms with van der Waals surface area (Å²) >= 11 is 0. The highest BCUT2D eigenvalue weighted by Gasteiger charge is 2.10. The summed E-state index contributed by atoms with van der Waals surface area (Å²) in [7, 11) is -3.54. The van der Waals surface area contributed by atoms with Gasteiger partial charge in [0.2, 0.25) is 0 Å². The maximum Gasteiger partial charge on any atom is 0.253 e. The molecule has 1 aromatic rings. The third-order valence-electron chi connectivity index (χ3n) is 1.81. The zero-order chi connectivity index (χ0) is 10.8. The molecule has 3 N–H and O–H groups in total. The lowest BCUT2D eigenvalue weighted by Gasteiger charge is -2.03. The molecule has 5 heteroatoms. The summed E-state index contributed by atoms with van der Waals surface area (Å²) in [6.07, 6.45) is 0. The SMILES string of the molecule is C=C(C)c1ccc(S(=O)(=O)NN)cc1. The number of allylic oxidation sites excluding steroid dienone is 1. The average Bonchev–Trinajstić information content (AvgIpc) is 2.18. The molecule has 0 fully saturated rings. The molecule has 1 rings (SSSR count). The number of rotatable bonds is 3. The fourth-order valence-corrected chi connectivity index (χ4v) is 1.62. The van der Waals surface area contributed by atoms with E-state index in [9.17, 15) is 8.42 Å². The summed E-state index contributed by atoms with van der Waals surface area (Å²) in [5, 5.41) is 0. The van der Waals surface area contributed by atoms with Gasteiger partial charge in [-0.3, -0.25) is 5.84 Å². The van der Waals surface area contributed by atoms with Crippen LogP contribution in [0.15, 0.2) is 35.7 Å². The first-order valence-electron chi connectivity index (χ1n) is 3.96. The van der Waals surface area contributed by atoms with Gasteiger partial charge in [0.15, 0.2) is 0 Å². The third kappa shape index (κ3) is 2.20. The first-order chi connectivity index (χ1) is 6.47. The molecule has 0 aliphatic carbocycles. The quantitative estimate of drug-likeness (QED) is 0.577. The summed E-state index contributed by atoms with van der Waals surface area (Å²) in [5.41, 5.74) is 1.79. The van der Waals surface area contributed by atoms with Crippen LogP contribution in [0.25, 0.3) is 5.57 Å². The molecule has 4 nitrogen and oxygen atoms in total. The normalized spacial score (nSPS) is 11.3. The van der Waals surface area contributed by atoms with E-state index < -0.39 is 10.0 Å². The maximum absolute atomic E-state index is 11.2. The molecule has 1 aromatic carbocycles. The lowest BCUT2D eigenvalue weighted by molar-refractivity contribution is 0.584. The van der Waals surface area contributed by atoms with Crippen LogP contribution in [0.1, 0.15) is 12.5 Å². The van der Waals surface area contributed by atoms with Crippen LogP contribution in [-0.2, 0) is 10.0 Å². The van der Waals surface area contributed by atoms with Gasteiger partial charge in [-0.2, -0.15) is 4.83 Å². The van der Waals surface area contributed by atoms with Crippen molar-refractivity contribution in [1.29, 1.82) is 0 Å². The Bertz CT molecular complexity index is 434. The monoisotopic (exact) mass is 212 g/mol. The lowest BCUT2D eigenvalue weighted by atomic mass is 10.1. The van der Waals surface area contributed by atoms with E-state index in [2.05, 4.69) is 6.58 Å². The van der Waals surface area contributed by atoms with Gasteiger partial charge in [0.05, 0.1) is 4.90 Å². The van der Waals surface area contributed by atoms with Gasteiger partial charge >= 0.3 is 0 Å².